The van der Waals surface area contributed by atoms with Gasteiger partial charge in [0.1, 0.15) is 0 Å². The predicted octanol–water partition coefficient (Wildman–Crippen LogP) is 2.09. The molecule has 0 bridgehead atoms. The van der Waals surface area contributed by atoms with E-state index in [0.717, 1.165) is 12.1 Å². The highest BCUT2D eigenvalue weighted by atomic mass is 15.2. The van der Waals surface area contributed by atoms with Gasteiger partial charge in [-0.1, -0.05) is 17.7 Å². The van der Waals surface area contributed by atoms with Gasteiger partial charge < -0.3 is 4.57 Å². The van der Waals surface area contributed by atoms with E-state index < -0.39 is 0 Å². The second-order valence-corrected chi connectivity index (χ2v) is 5.23. The minimum absolute atomic E-state index is 0.0765. The summed E-state index contributed by atoms with van der Waals surface area (Å²) in [6, 6.07) is 4.52. The third-order valence-corrected chi connectivity index (χ3v) is 3.66. The van der Waals surface area contributed by atoms with E-state index in [0.29, 0.717) is 0 Å². The third-order valence-electron chi connectivity index (χ3n) is 3.66. The lowest BCUT2D eigenvalue weighted by atomic mass is 9.93. The van der Waals surface area contributed by atoms with E-state index >= 15 is 0 Å². The quantitative estimate of drug-likeness (QED) is 0.652. The molecule has 0 saturated carbocycles. The second-order valence-electron chi connectivity index (χ2n) is 5.23. The minimum Gasteiger partial charge on any atom is -0.336 e. The summed E-state index contributed by atoms with van der Waals surface area (Å²) in [5.41, 5.74) is 9.30. The highest BCUT2D eigenvalue weighted by molar-refractivity contribution is 5.38. The Balaban J connectivity index is 2.32. The van der Waals surface area contributed by atoms with Crippen molar-refractivity contribution in [3.63, 3.8) is 0 Å². The molecule has 102 valence electrons. The fourth-order valence-corrected chi connectivity index (χ4v) is 2.69. The minimum atomic E-state index is 0.0765. The summed E-state index contributed by atoms with van der Waals surface area (Å²) in [7, 11) is 1.99. The molecule has 4 heteroatoms. The SMILES string of the molecule is Cc1cc(C)c(CC(NN)c2cncn2C)c(C)c1. The molecule has 19 heavy (non-hydrogen) atoms. The Morgan fingerprint density at radius 1 is 1.26 bits per heavy atom. The Morgan fingerprint density at radius 2 is 1.89 bits per heavy atom. The number of nitrogens with zero attached hydrogens (tertiary/aromatic N) is 2. The van der Waals surface area contributed by atoms with Gasteiger partial charge >= 0.3 is 0 Å². The van der Waals surface area contributed by atoms with Crippen molar-refractivity contribution in [3.05, 3.63) is 52.6 Å². The number of benzene rings is 1. The lowest BCUT2D eigenvalue weighted by Gasteiger charge is -2.19. The largest absolute Gasteiger partial charge is 0.336 e. The zero-order valence-corrected chi connectivity index (χ0v) is 12.1. The summed E-state index contributed by atoms with van der Waals surface area (Å²) < 4.78 is 2.00. The molecule has 0 fully saturated rings. The number of nitrogens with two attached hydrogens (primary N) is 1. The number of nitrogens with one attached hydrogen (secondary N) is 1. The lowest BCUT2D eigenvalue weighted by molar-refractivity contribution is 0.520. The molecule has 0 amide bonds. The van der Waals surface area contributed by atoms with Crippen molar-refractivity contribution in [2.24, 2.45) is 12.9 Å². The fourth-order valence-electron chi connectivity index (χ4n) is 2.69. The Kier molecular flexibility index (Phi) is 4.02. The number of imidazole rings is 1. The molecule has 3 N–H and O–H groups in total. The molecule has 1 atom stereocenters. The monoisotopic (exact) mass is 258 g/mol. The molecule has 0 radical (unpaired) electrons. The van der Waals surface area contributed by atoms with Crippen LogP contribution in [0, 0.1) is 20.8 Å². The first-order valence-electron chi connectivity index (χ1n) is 6.52. The Labute approximate surface area is 114 Å². The van der Waals surface area contributed by atoms with Crippen molar-refractivity contribution >= 4 is 0 Å². The summed E-state index contributed by atoms with van der Waals surface area (Å²) in [6.07, 6.45) is 4.53. The van der Waals surface area contributed by atoms with Crippen molar-refractivity contribution in [3.8, 4) is 0 Å². The number of rotatable bonds is 4. The maximum absolute atomic E-state index is 5.72. The molecular formula is C15H22N4. The van der Waals surface area contributed by atoms with Crippen LogP contribution in [0.15, 0.2) is 24.7 Å². The molecule has 0 aliphatic carbocycles. The molecule has 0 spiro atoms. The van der Waals surface area contributed by atoms with Crippen LogP contribution in [0.25, 0.3) is 0 Å². The van der Waals surface area contributed by atoms with Crippen molar-refractivity contribution in [2.75, 3.05) is 0 Å². The van der Waals surface area contributed by atoms with Crippen LogP contribution < -0.4 is 11.3 Å². The Bertz CT molecular complexity index is 548. The summed E-state index contributed by atoms with van der Waals surface area (Å²) in [5.74, 6) is 5.72. The van der Waals surface area contributed by atoms with Gasteiger partial charge in [-0.15, -0.1) is 0 Å². The summed E-state index contributed by atoms with van der Waals surface area (Å²) in [6.45, 7) is 6.45. The van der Waals surface area contributed by atoms with E-state index in [9.17, 15) is 0 Å². The predicted molar refractivity (Wildman–Crippen MR) is 77.6 cm³/mol. The van der Waals surface area contributed by atoms with Crippen LogP contribution in [0.2, 0.25) is 0 Å². The first-order chi connectivity index (χ1) is 9.02. The van der Waals surface area contributed by atoms with E-state index in [4.69, 9.17) is 5.84 Å². The number of hydrogen-bond donors (Lipinski definition) is 2. The van der Waals surface area contributed by atoms with E-state index in [-0.39, 0.29) is 6.04 Å². The van der Waals surface area contributed by atoms with Crippen molar-refractivity contribution in [1.29, 1.82) is 0 Å². The third kappa shape index (κ3) is 2.85. The molecule has 1 unspecified atom stereocenters. The molecule has 1 aromatic carbocycles. The Morgan fingerprint density at radius 3 is 2.37 bits per heavy atom. The molecule has 0 saturated heterocycles. The van der Waals surface area contributed by atoms with Gasteiger partial charge in [-0.3, -0.25) is 11.3 Å². The van der Waals surface area contributed by atoms with Crippen LogP contribution in [0.3, 0.4) is 0 Å². The number of aryl methyl sites for hydroxylation is 4. The first kappa shape index (κ1) is 13.8. The average Bonchev–Trinajstić information content (AvgIpc) is 2.75. The van der Waals surface area contributed by atoms with E-state index in [2.05, 4.69) is 43.3 Å². The van der Waals surface area contributed by atoms with Crippen molar-refractivity contribution in [1.82, 2.24) is 15.0 Å². The van der Waals surface area contributed by atoms with Gasteiger partial charge in [-0.2, -0.15) is 0 Å². The van der Waals surface area contributed by atoms with E-state index in [1.54, 1.807) is 6.33 Å². The number of hydrazine groups is 1. The maximum Gasteiger partial charge on any atom is 0.0946 e. The molecule has 0 aliphatic rings. The summed E-state index contributed by atoms with van der Waals surface area (Å²) in [5, 5.41) is 0. The van der Waals surface area contributed by atoms with Crippen LogP contribution in [-0.2, 0) is 13.5 Å². The number of aromatic nitrogens is 2. The molecule has 4 nitrogen and oxygen atoms in total. The van der Waals surface area contributed by atoms with Crippen molar-refractivity contribution < 1.29 is 0 Å². The molecule has 1 aromatic heterocycles. The summed E-state index contributed by atoms with van der Waals surface area (Å²) in [4.78, 5) is 4.16. The zero-order chi connectivity index (χ0) is 14.0. The van der Waals surface area contributed by atoms with Crippen LogP contribution >= 0.6 is 0 Å². The fraction of sp³-hybridized carbons (Fsp3) is 0.400. The van der Waals surface area contributed by atoms with Gasteiger partial charge in [-0.05, 0) is 43.9 Å². The van der Waals surface area contributed by atoms with Gasteiger partial charge in [-0.25, -0.2) is 4.98 Å². The van der Waals surface area contributed by atoms with Crippen molar-refractivity contribution in [2.45, 2.75) is 33.2 Å². The van der Waals surface area contributed by atoms with Crippen LogP contribution in [0.1, 0.15) is 34.0 Å². The van der Waals surface area contributed by atoms with Gasteiger partial charge in [0.05, 0.1) is 18.1 Å². The molecule has 1 heterocycles. The highest BCUT2D eigenvalue weighted by Crippen LogP contribution is 2.23. The average molecular weight is 258 g/mol. The van der Waals surface area contributed by atoms with E-state index in [1.165, 1.54) is 22.3 Å². The molecular weight excluding hydrogens is 236 g/mol. The molecule has 0 aliphatic heterocycles. The van der Waals surface area contributed by atoms with Gasteiger partial charge in [0.15, 0.2) is 0 Å². The topological polar surface area (TPSA) is 55.9 Å². The zero-order valence-electron chi connectivity index (χ0n) is 12.1. The highest BCUT2D eigenvalue weighted by Gasteiger charge is 2.16. The van der Waals surface area contributed by atoms with Crippen LogP contribution in [-0.4, -0.2) is 9.55 Å². The maximum atomic E-state index is 5.72. The lowest BCUT2D eigenvalue weighted by Crippen LogP contribution is -2.31. The molecule has 2 aromatic rings. The van der Waals surface area contributed by atoms with Gasteiger partial charge in [0.25, 0.3) is 0 Å². The smallest absolute Gasteiger partial charge is 0.0946 e. The normalized spacial score (nSPS) is 12.7. The van der Waals surface area contributed by atoms with E-state index in [1.807, 2.05) is 17.8 Å². The first-order valence-corrected chi connectivity index (χ1v) is 6.52. The van der Waals surface area contributed by atoms with Gasteiger partial charge in [0, 0.05) is 13.2 Å². The van der Waals surface area contributed by atoms with Gasteiger partial charge in [0.2, 0.25) is 0 Å². The summed E-state index contributed by atoms with van der Waals surface area (Å²) >= 11 is 0. The van der Waals surface area contributed by atoms with Crippen LogP contribution in [0.4, 0.5) is 0 Å². The number of hydrogen-bond acceptors (Lipinski definition) is 3. The standard InChI is InChI=1S/C15H22N4/c1-10-5-11(2)13(12(3)6-10)7-14(18-16)15-8-17-9-19(15)4/h5-6,8-9,14,18H,7,16H2,1-4H3. The van der Waals surface area contributed by atoms with Crippen LogP contribution in [0.5, 0.6) is 0 Å². The Hall–Kier alpha value is -1.65. The second kappa shape index (κ2) is 5.55. The molecule has 2 rings (SSSR count).